The van der Waals surface area contributed by atoms with E-state index in [4.69, 9.17) is 4.74 Å². The maximum atomic E-state index is 6.24. The average molecular weight is 351 g/mol. The lowest BCUT2D eigenvalue weighted by Crippen LogP contribution is -2.46. The van der Waals surface area contributed by atoms with Crippen molar-refractivity contribution in [1.82, 2.24) is 14.8 Å². The van der Waals surface area contributed by atoms with Crippen LogP contribution in [0, 0.1) is 0 Å². The van der Waals surface area contributed by atoms with Crippen LogP contribution in [0.4, 0.5) is 0 Å². The zero-order valence-corrected chi connectivity index (χ0v) is 16.1. The van der Waals surface area contributed by atoms with Gasteiger partial charge in [0.25, 0.3) is 0 Å². The molecule has 138 valence electrons. The van der Waals surface area contributed by atoms with Gasteiger partial charge in [0.1, 0.15) is 11.4 Å². The highest BCUT2D eigenvalue weighted by molar-refractivity contribution is 5.45. The summed E-state index contributed by atoms with van der Waals surface area (Å²) in [6.07, 6.45) is 4.84. The summed E-state index contributed by atoms with van der Waals surface area (Å²) in [5.74, 6) is 1.13. The Morgan fingerprint density at radius 1 is 1.12 bits per heavy atom. The first-order valence-electron chi connectivity index (χ1n) is 9.68. The minimum atomic E-state index is -0.0731. The maximum absolute atomic E-state index is 6.24. The first kappa shape index (κ1) is 17.5. The van der Waals surface area contributed by atoms with Gasteiger partial charge in [0.2, 0.25) is 0 Å². The Morgan fingerprint density at radius 3 is 2.65 bits per heavy atom. The highest BCUT2D eigenvalue weighted by Gasteiger charge is 2.32. The van der Waals surface area contributed by atoms with E-state index in [2.05, 4.69) is 59.8 Å². The summed E-state index contributed by atoms with van der Waals surface area (Å²) in [5, 5.41) is 0. The summed E-state index contributed by atoms with van der Waals surface area (Å²) in [5.41, 5.74) is 3.92. The van der Waals surface area contributed by atoms with Gasteiger partial charge in [0.05, 0.1) is 0 Å². The molecule has 2 aliphatic rings. The average Bonchev–Trinajstić information content (AvgIpc) is 2.97. The molecular formula is C22H29N3O. The number of nitrogens with zero attached hydrogens (tertiary/aromatic N) is 3. The summed E-state index contributed by atoms with van der Waals surface area (Å²) in [6, 6.07) is 11.2. The third-order valence-electron chi connectivity index (χ3n) is 5.69. The number of rotatable bonds is 4. The Kier molecular flexibility index (Phi) is 4.72. The number of para-hydroxylation sites is 1. The van der Waals surface area contributed by atoms with Gasteiger partial charge in [-0.2, -0.15) is 0 Å². The fraction of sp³-hybridized carbons (Fsp3) is 0.500. The van der Waals surface area contributed by atoms with Gasteiger partial charge >= 0.3 is 0 Å². The lowest BCUT2D eigenvalue weighted by atomic mass is 10.0. The molecule has 0 spiro atoms. The Labute approximate surface area is 156 Å². The predicted octanol–water partition coefficient (Wildman–Crippen LogP) is 3.67. The summed E-state index contributed by atoms with van der Waals surface area (Å²) in [4.78, 5) is 9.38. The van der Waals surface area contributed by atoms with Crippen molar-refractivity contribution >= 4 is 0 Å². The van der Waals surface area contributed by atoms with E-state index in [-0.39, 0.29) is 5.60 Å². The normalized spacial score (nSPS) is 21.2. The van der Waals surface area contributed by atoms with Crippen LogP contribution in [0.5, 0.6) is 5.75 Å². The number of benzene rings is 1. The third kappa shape index (κ3) is 3.62. The van der Waals surface area contributed by atoms with E-state index >= 15 is 0 Å². The molecule has 3 heterocycles. The van der Waals surface area contributed by atoms with Crippen molar-refractivity contribution in [3.63, 3.8) is 0 Å². The van der Waals surface area contributed by atoms with E-state index in [1.54, 1.807) is 0 Å². The van der Waals surface area contributed by atoms with Crippen molar-refractivity contribution < 1.29 is 4.74 Å². The van der Waals surface area contributed by atoms with Gasteiger partial charge in [-0.1, -0.05) is 24.3 Å². The van der Waals surface area contributed by atoms with Crippen molar-refractivity contribution in [3.8, 4) is 5.75 Å². The monoisotopic (exact) mass is 351 g/mol. The molecule has 1 saturated heterocycles. The van der Waals surface area contributed by atoms with E-state index in [1.807, 2.05) is 18.5 Å². The Morgan fingerprint density at radius 2 is 1.92 bits per heavy atom. The molecule has 4 rings (SSSR count). The van der Waals surface area contributed by atoms with Crippen LogP contribution in [0.1, 0.15) is 43.5 Å². The molecule has 1 fully saturated rings. The number of piperazine rings is 1. The second-order valence-corrected chi connectivity index (χ2v) is 8.22. The molecule has 26 heavy (non-hydrogen) atoms. The molecule has 4 heteroatoms. The summed E-state index contributed by atoms with van der Waals surface area (Å²) in [7, 11) is 0. The molecule has 2 aliphatic heterocycles. The van der Waals surface area contributed by atoms with Gasteiger partial charge < -0.3 is 4.74 Å². The van der Waals surface area contributed by atoms with Crippen LogP contribution < -0.4 is 4.74 Å². The van der Waals surface area contributed by atoms with Crippen LogP contribution in [-0.2, 0) is 13.0 Å². The SMILES string of the molecule is C[C@H](c1cccnc1)N1CCN(Cc2cccc3c2OC(C)(C)C3)CC1. The standard InChI is InChI=1S/C22H29N3O/c1-17(19-8-5-9-23-15-19)25-12-10-24(11-13-25)16-20-7-4-6-18-14-22(2,3)26-21(18)20/h4-9,15,17H,10-14,16H2,1-3H3/t17-/m1/s1. The molecule has 4 nitrogen and oxygen atoms in total. The van der Waals surface area contributed by atoms with Gasteiger partial charge in [-0.3, -0.25) is 14.8 Å². The van der Waals surface area contributed by atoms with Crippen molar-refractivity contribution in [1.29, 1.82) is 0 Å². The van der Waals surface area contributed by atoms with Gasteiger partial charge in [-0.05, 0) is 38.0 Å². The van der Waals surface area contributed by atoms with E-state index in [9.17, 15) is 0 Å². The molecule has 0 unspecified atom stereocenters. The molecule has 1 atom stereocenters. The lowest BCUT2D eigenvalue weighted by Gasteiger charge is -2.38. The summed E-state index contributed by atoms with van der Waals surface area (Å²) >= 11 is 0. The molecule has 0 N–H and O–H groups in total. The highest BCUT2D eigenvalue weighted by Crippen LogP contribution is 2.38. The van der Waals surface area contributed by atoms with Crippen LogP contribution in [-0.4, -0.2) is 46.6 Å². The van der Waals surface area contributed by atoms with Crippen molar-refractivity contribution in [2.75, 3.05) is 26.2 Å². The van der Waals surface area contributed by atoms with Gasteiger partial charge in [-0.15, -0.1) is 0 Å². The second-order valence-electron chi connectivity index (χ2n) is 8.22. The largest absolute Gasteiger partial charge is 0.487 e. The molecule has 0 saturated carbocycles. The van der Waals surface area contributed by atoms with Gasteiger partial charge in [0, 0.05) is 63.1 Å². The lowest BCUT2D eigenvalue weighted by molar-refractivity contribution is 0.0949. The quantitative estimate of drug-likeness (QED) is 0.840. The zero-order valence-electron chi connectivity index (χ0n) is 16.1. The molecule has 0 radical (unpaired) electrons. The van der Waals surface area contributed by atoms with Crippen LogP contribution >= 0.6 is 0 Å². The Bertz CT molecular complexity index is 751. The molecule has 0 bridgehead atoms. The molecular weight excluding hydrogens is 322 g/mol. The summed E-state index contributed by atoms with van der Waals surface area (Å²) < 4.78 is 6.24. The number of fused-ring (bicyclic) bond motifs is 1. The Hall–Kier alpha value is -1.91. The number of pyridine rings is 1. The van der Waals surface area contributed by atoms with Crippen LogP contribution in [0.3, 0.4) is 0 Å². The smallest absolute Gasteiger partial charge is 0.127 e. The van der Waals surface area contributed by atoms with Crippen molar-refractivity contribution in [2.45, 2.75) is 45.4 Å². The number of hydrogen-bond donors (Lipinski definition) is 0. The fourth-order valence-electron chi connectivity index (χ4n) is 4.19. The van der Waals surface area contributed by atoms with Crippen molar-refractivity contribution in [2.24, 2.45) is 0 Å². The highest BCUT2D eigenvalue weighted by atomic mass is 16.5. The van der Waals surface area contributed by atoms with E-state index in [0.29, 0.717) is 6.04 Å². The zero-order chi connectivity index (χ0) is 18.1. The first-order valence-corrected chi connectivity index (χ1v) is 9.68. The predicted molar refractivity (Wildman–Crippen MR) is 104 cm³/mol. The molecule has 1 aromatic carbocycles. The number of aromatic nitrogens is 1. The van der Waals surface area contributed by atoms with Gasteiger partial charge in [0.15, 0.2) is 0 Å². The van der Waals surface area contributed by atoms with Crippen molar-refractivity contribution in [3.05, 3.63) is 59.4 Å². The number of hydrogen-bond acceptors (Lipinski definition) is 4. The molecule has 0 amide bonds. The molecule has 1 aromatic heterocycles. The molecule has 0 aliphatic carbocycles. The second kappa shape index (κ2) is 7.01. The fourth-order valence-corrected chi connectivity index (χ4v) is 4.19. The topological polar surface area (TPSA) is 28.6 Å². The third-order valence-corrected chi connectivity index (χ3v) is 5.69. The van der Waals surface area contributed by atoms with E-state index in [1.165, 1.54) is 16.7 Å². The Balaban J connectivity index is 1.38. The van der Waals surface area contributed by atoms with Crippen LogP contribution in [0.15, 0.2) is 42.7 Å². The number of ether oxygens (including phenoxy) is 1. The van der Waals surface area contributed by atoms with Crippen LogP contribution in [0.2, 0.25) is 0 Å². The summed E-state index contributed by atoms with van der Waals surface area (Å²) in [6.45, 7) is 12.0. The van der Waals surface area contributed by atoms with E-state index in [0.717, 1.165) is 44.9 Å². The first-order chi connectivity index (χ1) is 12.5. The molecule has 2 aromatic rings. The van der Waals surface area contributed by atoms with E-state index < -0.39 is 0 Å². The minimum Gasteiger partial charge on any atom is -0.487 e. The maximum Gasteiger partial charge on any atom is 0.127 e. The van der Waals surface area contributed by atoms with Gasteiger partial charge in [-0.25, -0.2) is 0 Å². The van der Waals surface area contributed by atoms with Crippen LogP contribution in [0.25, 0.3) is 0 Å². The minimum absolute atomic E-state index is 0.0731.